The maximum atomic E-state index is 16.4. The van der Waals surface area contributed by atoms with Crippen molar-refractivity contribution in [2.24, 2.45) is 0 Å². The minimum Gasteiger partial charge on any atom is -0.389 e. The molecule has 3 heterocycles. The Bertz CT molecular complexity index is 1740. The SMILES string of the molecule is Cc1ccc(C2=C3C=CC(C#Cc4ccccc4)=[N+]3[B-](F)(F)n3c(C#Cc4ccccc4)ccc32)cc1. The summed E-state index contributed by atoms with van der Waals surface area (Å²) < 4.78 is 35.0. The van der Waals surface area contributed by atoms with Crippen molar-refractivity contribution >= 4 is 18.3 Å². The van der Waals surface area contributed by atoms with E-state index in [-0.39, 0.29) is 11.4 Å². The summed E-state index contributed by atoms with van der Waals surface area (Å²) in [6, 6.07) is 30.1. The van der Waals surface area contributed by atoms with Gasteiger partial charge in [-0.25, -0.2) is 0 Å². The number of halogens is 2. The fourth-order valence-electron chi connectivity index (χ4n) is 4.76. The maximum Gasteiger partial charge on any atom is 0.738 e. The number of rotatable bonds is 1. The van der Waals surface area contributed by atoms with Crippen LogP contribution in [-0.4, -0.2) is 21.6 Å². The highest BCUT2D eigenvalue weighted by Gasteiger charge is 2.54. The fraction of sp³-hybridized carbons (Fsp3) is 0.0312. The number of hydrogen-bond acceptors (Lipinski definition) is 0. The number of nitrogens with zero attached hydrogens (tertiary/aromatic N) is 2. The predicted octanol–water partition coefficient (Wildman–Crippen LogP) is 6.27. The lowest BCUT2D eigenvalue weighted by atomic mass is 9.85. The number of allylic oxidation sites excluding steroid dienone is 2. The van der Waals surface area contributed by atoms with E-state index in [0.717, 1.165) is 36.8 Å². The van der Waals surface area contributed by atoms with E-state index >= 15 is 8.63 Å². The van der Waals surface area contributed by atoms with E-state index in [1.54, 1.807) is 24.3 Å². The molecule has 0 unspecified atom stereocenters. The van der Waals surface area contributed by atoms with Crippen molar-refractivity contribution < 1.29 is 13.1 Å². The molecule has 0 amide bonds. The molecule has 0 bridgehead atoms. The third kappa shape index (κ3) is 4.01. The van der Waals surface area contributed by atoms with E-state index in [9.17, 15) is 0 Å². The van der Waals surface area contributed by atoms with E-state index in [4.69, 9.17) is 0 Å². The van der Waals surface area contributed by atoms with Gasteiger partial charge < -0.3 is 17.6 Å². The van der Waals surface area contributed by atoms with Gasteiger partial charge in [0, 0.05) is 34.9 Å². The largest absolute Gasteiger partial charge is 0.738 e. The number of aromatic nitrogens is 1. The zero-order chi connectivity index (χ0) is 25.4. The molecule has 0 N–H and O–H groups in total. The second kappa shape index (κ2) is 8.97. The Morgan fingerprint density at radius 3 is 1.95 bits per heavy atom. The van der Waals surface area contributed by atoms with Crippen LogP contribution >= 0.6 is 0 Å². The Hall–Kier alpha value is -4.87. The topological polar surface area (TPSA) is 7.94 Å². The van der Waals surface area contributed by atoms with Gasteiger partial charge in [0.05, 0.1) is 11.3 Å². The molecular formula is C32H21BF2N2. The smallest absolute Gasteiger partial charge is 0.389 e. The molecule has 0 saturated carbocycles. The monoisotopic (exact) mass is 482 g/mol. The van der Waals surface area contributed by atoms with Crippen LogP contribution in [0.5, 0.6) is 0 Å². The molecule has 0 spiro atoms. The Morgan fingerprint density at radius 1 is 0.676 bits per heavy atom. The van der Waals surface area contributed by atoms with Crippen LogP contribution in [0.2, 0.25) is 0 Å². The Kier molecular flexibility index (Phi) is 5.48. The molecule has 6 rings (SSSR count). The first-order valence-corrected chi connectivity index (χ1v) is 12.1. The first-order valence-electron chi connectivity index (χ1n) is 12.1. The van der Waals surface area contributed by atoms with Gasteiger partial charge in [0.2, 0.25) is 5.71 Å². The van der Waals surface area contributed by atoms with Crippen molar-refractivity contribution in [2.45, 2.75) is 6.92 Å². The van der Waals surface area contributed by atoms with Gasteiger partial charge in [-0.05, 0) is 54.8 Å². The van der Waals surface area contributed by atoms with Crippen LogP contribution in [0.3, 0.4) is 0 Å². The van der Waals surface area contributed by atoms with Gasteiger partial charge in [-0.1, -0.05) is 78.1 Å². The molecule has 37 heavy (non-hydrogen) atoms. The van der Waals surface area contributed by atoms with Crippen molar-refractivity contribution in [1.82, 2.24) is 4.48 Å². The average molecular weight is 482 g/mol. The maximum absolute atomic E-state index is 16.4. The summed E-state index contributed by atoms with van der Waals surface area (Å²) in [4.78, 5) is 0. The first kappa shape index (κ1) is 22.6. The summed E-state index contributed by atoms with van der Waals surface area (Å²) in [6.45, 7) is -2.24. The zero-order valence-corrected chi connectivity index (χ0v) is 20.1. The molecule has 1 aromatic heterocycles. The lowest BCUT2D eigenvalue weighted by molar-refractivity contribution is -0.360. The van der Waals surface area contributed by atoms with Crippen LogP contribution in [0.25, 0.3) is 5.57 Å². The summed E-state index contributed by atoms with van der Waals surface area (Å²) in [5.74, 6) is 12.1. The second-order valence-corrected chi connectivity index (χ2v) is 9.01. The van der Waals surface area contributed by atoms with Gasteiger partial charge in [0.1, 0.15) is 0 Å². The molecule has 0 atom stereocenters. The van der Waals surface area contributed by atoms with Gasteiger partial charge in [0.15, 0.2) is 5.70 Å². The minimum atomic E-state index is -4.25. The fourth-order valence-corrected chi connectivity index (χ4v) is 4.76. The highest BCUT2D eigenvalue weighted by Crippen LogP contribution is 2.40. The van der Waals surface area contributed by atoms with Gasteiger partial charge in [-0.15, -0.1) is 0 Å². The van der Waals surface area contributed by atoms with Crippen LogP contribution < -0.4 is 0 Å². The molecule has 3 aromatic carbocycles. The Morgan fingerprint density at radius 2 is 1.30 bits per heavy atom. The van der Waals surface area contributed by atoms with Crippen LogP contribution in [-0.2, 0) is 0 Å². The zero-order valence-electron chi connectivity index (χ0n) is 20.1. The number of aryl methyl sites for hydroxylation is 1. The van der Waals surface area contributed by atoms with Crippen molar-refractivity contribution in [3.63, 3.8) is 0 Å². The van der Waals surface area contributed by atoms with Gasteiger partial charge in [-0.2, -0.15) is 0 Å². The van der Waals surface area contributed by atoms with Gasteiger partial charge >= 0.3 is 6.97 Å². The van der Waals surface area contributed by atoms with Crippen LogP contribution in [0.15, 0.2) is 115 Å². The van der Waals surface area contributed by atoms with E-state index in [1.165, 1.54) is 0 Å². The molecule has 0 radical (unpaired) electrons. The van der Waals surface area contributed by atoms with Gasteiger partial charge in [-0.3, -0.25) is 0 Å². The van der Waals surface area contributed by atoms with E-state index in [0.29, 0.717) is 11.4 Å². The molecule has 2 aliphatic heterocycles. The molecular weight excluding hydrogens is 461 g/mol. The number of benzene rings is 3. The number of hydrogen-bond donors (Lipinski definition) is 0. The van der Waals surface area contributed by atoms with Crippen LogP contribution in [0.1, 0.15) is 33.6 Å². The quantitative estimate of drug-likeness (QED) is 0.223. The number of fused-ring (bicyclic) bond motifs is 2. The van der Waals surface area contributed by atoms with Crippen molar-refractivity contribution in [3.05, 3.63) is 149 Å². The molecule has 2 aliphatic rings. The van der Waals surface area contributed by atoms with Crippen LogP contribution in [0, 0.1) is 30.6 Å². The predicted molar refractivity (Wildman–Crippen MR) is 145 cm³/mol. The molecule has 4 aromatic rings. The van der Waals surface area contributed by atoms with Crippen molar-refractivity contribution in [2.75, 3.05) is 0 Å². The normalized spacial score (nSPS) is 14.9. The van der Waals surface area contributed by atoms with Crippen molar-refractivity contribution in [3.8, 4) is 23.7 Å². The summed E-state index contributed by atoms with van der Waals surface area (Å²) in [6.07, 6.45) is 3.42. The summed E-state index contributed by atoms with van der Waals surface area (Å²) in [5.41, 5.74) is 5.63. The van der Waals surface area contributed by atoms with Crippen molar-refractivity contribution in [1.29, 1.82) is 0 Å². The second-order valence-electron chi connectivity index (χ2n) is 9.01. The van der Waals surface area contributed by atoms with E-state index < -0.39 is 6.97 Å². The van der Waals surface area contributed by atoms with Gasteiger partial charge in [0.25, 0.3) is 0 Å². The minimum absolute atomic E-state index is 0.259. The first-order chi connectivity index (χ1) is 18.0. The molecule has 0 saturated heterocycles. The van der Waals surface area contributed by atoms with E-state index in [2.05, 4.69) is 23.7 Å². The lowest BCUT2D eigenvalue weighted by Gasteiger charge is -2.32. The molecule has 0 aliphatic carbocycles. The summed E-state index contributed by atoms with van der Waals surface area (Å²) in [5, 5.41) is 0. The third-order valence-corrected chi connectivity index (χ3v) is 6.53. The molecule has 0 fully saturated rings. The highest BCUT2D eigenvalue weighted by atomic mass is 19.2. The lowest BCUT2D eigenvalue weighted by Crippen LogP contribution is -2.51. The third-order valence-electron chi connectivity index (χ3n) is 6.53. The summed E-state index contributed by atoms with van der Waals surface area (Å²) in [7, 11) is 0. The molecule has 176 valence electrons. The molecule has 2 nitrogen and oxygen atoms in total. The molecule has 5 heteroatoms. The van der Waals surface area contributed by atoms with Crippen LogP contribution in [0.4, 0.5) is 8.63 Å². The Balaban J connectivity index is 1.58. The highest BCUT2D eigenvalue weighted by molar-refractivity contribution is 6.58. The Labute approximate surface area is 215 Å². The van der Waals surface area contributed by atoms with E-state index in [1.807, 2.05) is 91.9 Å². The standard InChI is InChI=1S/C32H21BF2N2/c1-24-12-16-27(17-13-24)32-30-22-20-28(18-14-25-8-4-2-5-9-25)36(30)33(34,35)37-29(21-23-31(32)37)19-15-26-10-6-3-7-11-26/h2-13,16-17,20-23H,1H3. The average Bonchev–Trinajstić information content (AvgIpc) is 3.55. The summed E-state index contributed by atoms with van der Waals surface area (Å²) >= 11 is 0.